The number of carbonyl (C=O) groups is 2. The molecule has 10 heteroatoms. The zero-order valence-corrected chi connectivity index (χ0v) is 20.4. The van der Waals surface area contributed by atoms with Gasteiger partial charge in [-0.15, -0.1) is 11.3 Å². The summed E-state index contributed by atoms with van der Waals surface area (Å²) in [5, 5.41) is 3.33. The van der Waals surface area contributed by atoms with E-state index < -0.39 is 0 Å². The second-order valence-electron chi connectivity index (χ2n) is 7.76. The van der Waals surface area contributed by atoms with Crippen LogP contribution in [0.1, 0.15) is 20.8 Å². The number of carbonyl (C=O) groups excluding carboxylic acids is 2. The van der Waals surface area contributed by atoms with Gasteiger partial charge < -0.3 is 23.8 Å². The van der Waals surface area contributed by atoms with Crippen LogP contribution in [-0.4, -0.2) is 68.8 Å². The van der Waals surface area contributed by atoms with E-state index in [0.29, 0.717) is 54.9 Å². The van der Waals surface area contributed by atoms with E-state index in [9.17, 15) is 9.59 Å². The minimum absolute atomic E-state index is 0.113. The summed E-state index contributed by atoms with van der Waals surface area (Å²) in [6.07, 6.45) is 2.47. The first-order valence-electron chi connectivity index (χ1n) is 11.1. The smallest absolute Gasteiger partial charge is 0.260 e. The number of nitrogens with zero attached hydrogens (tertiary/aromatic N) is 2. The van der Waals surface area contributed by atoms with E-state index in [-0.39, 0.29) is 18.4 Å². The minimum atomic E-state index is -0.315. The first kappa shape index (κ1) is 24.5. The number of hydrogen-bond acceptors (Lipinski definition) is 8. The van der Waals surface area contributed by atoms with Gasteiger partial charge in [0.1, 0.15) is 5.75 Å². The predicted molar refractivity (Wildman–Crippen MR) is 132 cm³/mol. The normalized spacial score (nSPS) is 13.3. The Hall–Kier alpha value is -3.63. The Morgan fingerprint density at radius 3 is 2.54 bits per heavy atom. The first-order chi connectivity index (χ1) is 17.1. The number of ether oxygens (including phenoxy) is 4. The van der Waals surface area contributed by atoms with Crippen LogP contribution in [0.4, 0.5) is 5.13 Å². The molecule has 1 aliphatic heterocycles. The summed E-state index contributed by atoms with van der Waals surface area (Å²) in [4.78, 5) is 32.1. The van der Waals surface area contributed by atoms with Crippen molar-refractivity contribution >= 4 is 28.3 Å². The molecule has 1 aromatic heterocycles. The fourth-order valence-corrected chi connectivity index (χ4v) is 4.37. The summed E-state index contributed by atoms with van der Waals surface area (Å²) < 4.78 is 21.5. The standard InChI is InChI=1S/C25H27N3O6S/c1-31-19-6-3-17(4-7-19)13-20-15-26-25(35-20)27-24(30)18-5-8-21(22(14-18)32-2)34-16-23(29)28-9-11-33-12-10-28/h3-8,14-15H,9-13,16H2,1-2H3,(H,26,27,30). The van der Waals surface area contributed by atoms with Crippen molar-refractivity contribution in [2.75, 3.05) is 52.4 Å². The number of nitrogens with one attached hydrogen (secondary N) is 1. The molecule has 3 aromatic rings. The van der Waals surface area contributed by atoms with E-state index in [1.165, 1.54) is 18.4 Å². The Bertz CT molecular complexity index is 1160. The minimum Gasteiger partial charge on any atom is -0.497 e. The van der Waals surface area contributed by atoms with Gasteiger partial charge >= 0.3 is 0 Å². The number of rotatable bonds is 9. The molecule has 2 heterocycles. The maximum Gasteiger partial charge on any atom is 0.260 e. The Labute approximate surface area is 207 Å². The highest BCUT2D eigenvalue weighted by Crippen LogP contribution is 2.29. The maximum atomic E-state index is 12.8. The third-order valence-electron chi connectivity index (χ3n) is 5.45. The third kappa shape index (κ3) is 6.49. The van der Waals surface area contributed by atoms with Gasteiger partial charge in [0.05, 0.1) is 27.4 Å². The Kier molecular flexibility index (Phi) is 8.17. The molecule has 4 rings (SSSR count). The van der Waals surface area contributed by atoms with Crippen LogP contribution < -0.4 is 19.5 Å². The van der Waals surface area contributed by atoms with Gasteiger partial charge in [-0.25, -0.2) is 4.98 Å². The fraction of sp³-hybridized carbons (Fsp3) is 0.320. The number of hydrogen-bond donors (Lipinski definition) is 1. The van der Waals surface area contributed by atoms with Crippen LogP contribution in [0.15, 0.2) is 48.7 Å². The molecule has 0 bridgehead atoms. The van der Waals surface area contributed by atoms with Crippen LogP contribution in [0.5, 0.6) is 17.2 Å². The number of amides is 2. The molecule has 0 spiro atoms. The lowest BCUT2D eigenvalue weighted by Gasteiger charge is -2.26. The highest BCUT2D eigenvalue weighted by atomic mass is 32.1. The summed E-state index contributed by atoms with van der Waals surface area (Å²) in [5.74, 6) is 1.13. The molecule has 1 N–H and O–H groups in total. The molecular formula is C25H27N3O6S. The Balaban J connectivity index is 1.34. The zero-order valence-electron chi connectivity index (χ0n) is 19.6. The lowest BCUT2D eigenvalue weighted by molar-refractivity contribution is -0.137. The van der Waals surface area contributed by atoms with Crippen LogP contribution in [-0.2, 0) is 16.0 Å². The summed E-state index contributed by atoms with van der Waals surface area (Å²) in [5.41, 5.74) is 1.51. The number of thiazole rings is 1. The molecule has 1 fully saturated rings. The van der Waals surface area contributed by atoms with E-state index >= 15 is 0 Å². The van der Waals surface area contributed by atoms with Gasteiger partial charge in [0.2, 0.25) is 0 Å². The van der Waals surface area contributed by atoms with Crippen molar-refractivity contribution in [1.82, 2.24) is 9.88 Å². The van der Waals surface area contributed by atoms with Crippen molar-refractivity contribution in [3.63, 3.8) is 0 Å². The summed E-state index contributed by atoms with van der Waals surface area (Å²) in [6, 6.07) is 12.7. The number of morpholine rings is 1. The molecule has 1 aliphatic rings. The van der Waals surface area contributed by atoms with Crippen molar-refractivity contribution in [1.29, 1.82) is 0 Å². The molecule has 1 saturated heterocycles. The van der Waals surface area contributed by atoms with E-state index in [0.717, 1.165) is 16.2 Å². The van der Waals surface area contributed by atoms with Crippen molar-refractivity contribution < 1.29 is 28.5 Å². The Morgan fingerprint density at radius 2 is 1.83 bits per heavy atom. The second kappa shape index (κ2) is 11.7. The van der Waals surface area contributed by atoms with E-state index in [1.807, 2.05) is 24.3 Å². The second-order valence-corrected chi connectivity index (χ2v) is 8.87. The number of aromatic nitrogens is 1. The molecule has 2 amide bonds. The van der Waals surface area contributed by atoms with Crippen molar-refractivity contribution in [3.05, 3.63) is 64.7 Å². The average Bonchev–Trinajstić information content (AvgIpc) is 3.34. The number of anilines is 1. The van der Waals surface area contributed by atoms with Gasteiger partial charge in [0.25, 0.3) is 11.8 Å². The maximum absolute atomic E-state index is 12.8. The predicted octanol–water partition coefficient (Wildman–Crippen LogP) is 3.24. The van der Waals surface area contributed by atoms with Crippen LogP contribution in [0.2, 0.25) is 0 Å². The van der Waals surface area contributed by atoms with Gasteiger partial charge in [-0.1, -0.05) is 12.1 Å². The molecule has 9 nitrogen and oxygen atoms in total. The van der Waals surface area contributed by atoms with Crippen LogP contribution in [0.3, 0.4) is 0 Å². The molecule has 184 valence electrons. The summed E-state index contributed by atoms with van der Waals surface area (Å²) >= 11 is 1.42. The summed E-state index contributed by atoms with van der Waals surface area (Å²) in [6.45, 7) is 2.05. The van der Waals surface area contributed by atoms with E-state index in [1.54, 1.807) is 36.4 Å². The first-order valence-corrected chi connectivity index (χ1v) is 11.9. The van der Waals surface area contributed by atoms with Gasteiger partial charge in [-0.2, -0.15) is 0 Å². The van der Waals surface area contributed by atoms with Gasteiger partial charge in [-0.3, -0.25) is 14.9 Å². The zero-order chi connectivity index (χ0) is 24.6. The van der Waals surface area contributed by atoms with Crippen LogP contribution >= 0.6 is 11.3 Å². The van der Waals surface area contributed by atoms with Gasteiger partial charge in [-0.05, 0) is 35.9 Å². The van der Waals surface area contributed by atoms with Crippen molar-refractivity contribution in [2.45, 2.75) is 6.42 Å². The van der Waals surface area contributed by atoms with E-state index in [4.69, 9.17) is 18.9 Å². The van der Waals surface area contributed by atoms with E-state index in [2.05, 4.69) is 10.3 Å². The molecule has 0 aliphatic carbocycles. The van der Waals surface area contributed by atoms with Crippen LogP contribution in [0.25, 0.3) is 0 Å². The van der Waals surface area contributed by atoms with Crippen molar-refractivity contribution in [2.24, 2.45) is 0 Å². The summed E-state index contributed by atoms with van der Waals surface area (Å²) in [7, 11) is 3.12. The molecule has 0 radical (unpaired) electrons. The molecule has 35 heavy (non-hydrogen) atoms. The molecule has 0 atom stereocenters. The monoisotopic (exact) mass is 497 g/mol. The SMILES string of the molecule is COc1ccc(Cc2cnc(NC(=O)c3ccc(OCC(=O)N4CCOCC4)c(OC)c3)s2)cc1. The molecule has 2 aromatic carbocycles. The Morgan fingerprint density at radius 1 is 1.06 bits per heavy atom. The van der Waals surface area contributed by atoms with Gasteiger partial charge in [0, 0.05) is 36.1 Å². The third-order valence-corrected chi connectivity index (χ3v) is 6.36. The highest BCUT2D eigenvalue weighted by molar-refractivity contribution is 7.15. The lowest BCUT2D eigenvalue weighted by atomic mass is 10.1. The number of benzene rings is 2. The largest absolute Gasteiger partial charge is 0.497 e. The number of methoxy groups -OCH3 is 2. The fourth-order valence-electron chi connectivity index (χ4n) is 3.53. The quantitative estimate of drug-likeness (QED) is 0.485. The topological polar surface area (TPSA) is 99.2 Å². The molecule has 0 unspecified atom stereocenters. The molecule has 0 saturated carbocycles. The highest BCUT2D eigenvalue weighted by Gasteiger charge is 2.19. The van der Waals surface area contributed by atoms with Gasteiger partial charge in [0.15, 0.2) is 23.2 Å². The molecular weight excluding hydrogens is 470 g/mol. The van der Waals surface area contributed by atoms with Crippen molar-refractivity contribution in [3.8, 4) is 17.2 Å². The average molecular weight is 498 g/mol. The van der Waals surface area contributed by atoms with Crippen LogP contribution in [0, 0.1) is 0 Å². The lowest BCUT2D eigenvalue weighted by Crippen LogP contribution is -2.43.